The zero-order chi connectivity index (χ0) is 19.9. The minimum Gasteiger partial charge on any atom is -0.468 e. The number of hydrogen-bond acceptors (Lipinski definition) is 3. The smallest absolute Gasteiger partial charge is 0.422 e. The molecule has 1 aromatic carbocycles. The molecule has 0 bridgehead atoms. The number of ether oxygens (including phenoxy) is 1. The van der Waals surface area contributed by atoms with E-state index >= 15 is 0 Å². The first-order valence-corrected chi connectivity index (χ1v) is 8.50. The van der Waals surface area contributed by atoms with Crippen molar-refractivity contribution in [3.63, 3.8) is 0 Å². The SMILES string of the molecule is Cc1cccc2c1CCC2.NC(=O)NCc1ccnc(OCC(F)(F)F)c1. The first-order valence-electron chi connectivity index (χ1n) is 8.50. The third kappa shape index (κ3) is 7.16. The summed E-state index contributed by atoms with van der Waals surface area (Å²) in [5, 5.41) is 2.29. The second-order valence-corrected chi connectivity index (χ2v) is 6.19. The van der Waals surface area contributed by atoms with Crippen LogP contribution in [0.3, 0.4) is 0 Å². The number of rotatable bonds is 4. The van der Waals surface area contributed by atoms with Crippen molar-refractivity contribution in [2.45, 2.75) is 38.9 Å². The lowest BCUT2D eigenvalue weighted by molar-refractivity contribution is -0.154. The highest BCUT2D eigenvalue weighted by Gasteiger charge is 2.28. The Morgan fingerprint density at radius 3 is 2.74 bits per heavy atom. The number of primary amides is 1. The lowest BCUT2D eigenvalue weighted by atomic mass is 10.1. The number of nitrogens with zero attached hydrogens (tertiary/aromatic N) is 1. The Morgan fingerprint density at radius 1 is 1.30 bits per heavy atom. The molecule has 3 rings (SSSR count). The predicted molar refractivity (Wildman–Crippen MR) is 95.4 cm³/mol. The number of urea groups is 1. The number of halogens is 3. The van der Waals surface area contributed by atoms with Crippen LogP contribution in [0.4, 0.5) is 18.0 Å². The maximum Gasteiger partial charge on any atom is 0.422 e. The highest BCUT2D eigenvalue weighted by Crippen LogP contribution is 2.24. The van der Waals surface area contributed by atoms with Crippen molar-refractivity contribution < 1.29 is 22.7 Å². The molecule has 1 heterocycles. The van der Waals surface area contributed by atoms with Gasteiger partial charge in [-0.3, -0.25) is 0 Å². The van der Waals surface area contributed by atoms with Crippen molar-refractivity contribution in [2.75, 3.05) is 6.61 Å². The Morgan fingerprint density at radius 2 is 2.07 bits per heavy atom. The second-order valence-electron chi connectivity index (χ2n) is 6.19. The van der Waals surface area contributed by atoms with Gasteiger partial charge in [-0.15, -0.1) is 0 Å². The molecule has 146 valence electrons. The average Bonchev–Trinajstić information content (AvgIpc) is 3.09. The van der Waals surface area contributed by atoms with E-state index in [0.29, 0.717) is 5.56 Å². The molecule has 2 aromatic rings. The summed E-state index contributed by atoms with van der Waals surface area (Å²) < 4.78 is 40.0. The Kier molecular flexibility index (Phi) is 7.04. The van der Waals surface area contributed by atoms with Crippen LogP contribution in [-0.2, 0) is 19.4 Å². The van der Waals surface area contributed by atoms with E-state index in [1.807, 2.05) is 0 Å². The summed E-state index contributed by atoms with van der Waals surface area (Å²) in [6.07, 6.45) is 0.839. The first-order chi connectivity index (χ1) is 12.7. The molecule has 0 saturated carbocycles. The number of carbonyl (C=O) groups is 1. The van der Waals surface area contributed by atoms with Gasteiger partial charge in [0.2, 0.25) is 5.88 Å². The molecule has 0 aliphatic heterocycles. The molecule has 3 N–H and O–H groups in total. The number of hydrogen-bond donors (Lipinski definition) is 2. The predicted octanol–water partition coefficient (Wildman–Crippen LogP) is 3.67. The monoisotopic (exact) mass is 381 g/mol. The molecule has 5 nitrogen and oxygen atoms in total. The third-order valence-corrected chi connectivity index (χ3v) is 4.03. The van der Waals surface area contributed by atoms with Gasteiger partial charge in [0.25, 0.3) is 0 Å². The topological polar surface area (TPSA) is 77.2 Å². The van der Waals surface area contributed by atoms with Gasteiger partial charge < -0.3 is 15.8 Å². The molecular formula is C19H22F3N3O2. The molecule has 0 fully saturated rings. The second kappa shape index (κ2) is 9.25. The summed E-state index contributed by atoms with van der Waals surface area (Å²) in [6.45, 7) is 0.900. The van der Waals surface area contributed by atoms with Gasteiger partial charge in [-0.05, 0) is 54.5 Å². The number of fused-ring (bicyclic) bond motifs is 1. The number of alkyl halides is 3. The van der Waals surface area contributed by atoms with E-state index in [4.69, 9.17) is 5.73 Å². The lowest BCUT2D eigenvalue weighted by Gasteiger charge is -2.09. The van der Waals surface area contributed by atoms with Crippen LogP contribution in [0.25, 0.3) is 0 Å². The number of carbonyl (C=O) groups excluding carboxylic acids is 1. The number of aromatic nitrogens is 1. The number of amides is 2. The van der Waals surface area contributed by atoms with Crippen LogP contribution in [0.2, 0.25) is 0 Å². The minimum absolute atomic E-state index is 0.0975. The highest BCUT2D eigenvalue weighted by molar-refractivity contribution is 5.71. The largest absolute Gasteiger partial charge is 0.468 e. The van der Waals surface area contributed by atoms with E-state index in [0.717, 1.165) is 0 Å². The Labute approximate surface area is 155 Å². The normalized spacial score (nSPS) is 12.6. The van der Waals surface area contributed by atoms with E-state index < -0.39 is 18.8 Å². The van der Waals surface area contributed by atoms with E-state index in [9.17, 15) is 18.0 Å². The number of benzene rings is 1. The Balaban J connectivity index is 0.000000219. The van der Waals surface area contributed by atoms with Crippen molar-refractivity contribution in [1.29, 1.82) is 0 Å². The van der Waals surface area contributed by atoms with E-state index in [1.54, 1.807) is 11.1 Å². The van der Waals surface area contributed by atoms with Gasteiger partial charge >= 0.3 is 12.2 Å². The molecule has 1 aromatic heterocycles. The molecule has 0 atom stereocenters. The number of nitrogens with two attached hydrogens (primary N) is 1. The van der Waals surface area contributed by atoms with Gasteiger partial charge in [-0.2, -0.15) is 13.2 Å². The fourth-order valence-corrected chi connectivity index (χ4v) is 2.79. The molecule has 1 aliphatic rings. The summed E-state index contributed by atoms with van der Waals surface area (Å²) in [4.78, 5) is 14.0. The van der Waals surface area contributed by atoms with Gasteiger partial charge in [-0.1, -0.05) is 18.2 Å². The van der Waals surface area contributed by atoms with E-state index in [-0.39, 0.29) is 12.4 Å². The van der Waals surface area contributed by atoms with Gasteiger partial charge in [0.15, 0.2) is 6.61 Å². The summed E-state index contributed by atoms with van der Waals surface area (Å²) >= 11 is 0. The number of nitrogens with one attached hydrogen (secondary N) is 1. The quantitative estimate of drug-likeness (QED) is 0.848. The van der Waals surface area contributed by atoms with Crippen molar-refractivity contribution in [3.8, 4) is 5.88 Å². The Hall–Kier alpha value is -2.77. The van der Waals surface area contributed by atoms with Gasteiger partial charge in [0.05, 0.1) is 0 Å². The summed E-state index contributed by atoms with van der Waals surface area (Å²) in [5.41, 5.74) is 10.1. The summed E-state index contributed by atoms with van der Waals surface area (Å²) in [5.74, 6) is -0.161. The molecule has 1 aliphatic carbocycles. The zero-order valence-electron chi connectivity index (χ0n) is 15.0. The minimum atomic E-state index is -4.41. The van der Waals surface area contributed by atoms with Crippen molar-refractivity contribution in [3.05, 3.63) is 58.8 Å². The zero-order valence-corrected chi connectivity index (χ0v) is 15.0. The molecular weight excluding hydrogens is 359 g/mol. The summed E-state index contributed by atoms with van der Waals surface area (Å²) in [7, 11) is 0. The Bertz CT molecular complexity index is 779. The van der Waals surface area contributed by atoms with Crippen LogP contribution in [0, 0.1) is 6.92 Å². The molecule has 27 heavy (non-hydrogen) atoms. The van der Waals surface area contributed by atoms with Crippen LogP contribution in [-0.4, -0.2) is 23.8 Å². The molecule has 0 radical (unpaired) electrons. The maximum absolute atomic E-state index is 11.9. The molecule has 0 unspecified atom stereocenters. The van der Waals surface area contributed by atoms with Gasteiger partial charge in [0.1, 0.15) is 0 Å². The van der Waals surface area contributed by atoms with Crippen molar-refractivity contribution >= 4 is 6.03 Å². The highest BCUT2D eigenvalue weighted by atomic mass is 19.4. The first kappa shape index (κ1) is 20.5. The summed E-state index contributed by atoms with van der Waals surface area (Å²) in [6, 6.07) is 8.73. The fraction of sp³-hybridized carbons (Fsp3) is 0.368. The van der Waals surface area contributed by atoms with Crippen LogP contribution in [0.1, 0.15) is 28.7 Å². The van der Waals surface area contributed by atoms with Crippen LogP contribution < -0.4 is 15.8 Å². The molecule has 0 spiro atoms. The average molecular weight is 381 g/mol. The fourth-order valence-electron chi connectivity index (χ4n) is 2.79. The van der Waals surface area contributed by atoms with Crippen LogP contribution >= 0.6 is 0 Å². The van der Waals surface area contributed by atoms with Gasteiger partial charge in [-0.25, -0.2) is 9.78 Å². The third-order valence-electron chi connectivity index (χ3n) is 4.03. The van der Waals surface area contributed by atoms with Gasteiger partial charge in [0, 0.05) is 18.8 Å². The lowest BCUT2D eigenvalue weighted by Crippen LogP contribution is -2.28. The van der Waals surface area contributed by atoms with Crippen LogP contribution in [0.15, 0.2) is 36.5 Å². The molecule has 0 saturated heterocycles. The van der Waals surface area contributed by atoms with Crippen molar-refractivity contribution in [1.82, 2.24) is 10.3 Å². The van der Waals surface area contributed by atoms with E-state index in [2.05, 4.69) is 40.2 Å². The standard InChI is InChI=1S/C10H12.C9H10F3N3O2/c1-8-4-2-5-9-6-3-7-10(8)9;10-9(11,12)5-17-7-3-6(1-2-14-7)4-15-8(13)16/h2,4-5H,3,6-7H2,1H3;1-3H,4-5H2,(H3,13,15,16). The van der Waals surface area contributed by atoms with E-state index in [1.165, 1.54) is 43.2 Å². The maximum atomic E-state index is 11.9. The molecule has 2 amide bonds. The van der Waals surface area contributed by atoms with Crippen LogP contribution in [0.5, 0.6) is 5.88 Å². The molecule has 8 heteroatoms. The number of pyridine rings is 1. The van der Waals surface area contributed by atoms with Crippen molar-refractivity contribution in [2.24, 2.45) is 5.73 Å². The number of aryl methyl sites for hydroxylation is 2.